The number of halogens is 1. The van der Waals surface area contributed by atoms with Crippen LogP contribution < -0.4 is 19.5 Å². The molecule has 3 aromatic carbocycles. The van der Waals surface area contributed by atoms with Gasteiger partial charge in [-0.1, -0.05) is 18.2 Å². The zero-order valence-corrected chi connectivity index (χ0v) is 21.7. The van der Waals surface area contributed by atoms with Gasteiger partial charge in [-0.3, -0.25) is 9.69 Å². The van der Waals surface area contributed by atoms with Crippen LogP contribution in [0.1, 0.15) is 22.8 Å². The van der Waals surface area contributed by atoms with Crippen molar-refractivity contribution in [3.8, 4) is 17.2 Å². The van der Waals surface area contributed by atoms with Crippen LogP contribution in [-0.2, 0) is 16.6 Å². The molecule has 0 unspecified atom stereocenters. The molecule has 5 rings (SSSR count). The Morgan fingerprint density at radius 3 is 2.53 bits per heavy atom. The van der Waals surface area contributed by atoms with Crippen LogP contribution in [0.25, 0.3) is 0 Å². The van der Waals surface area contributed by atoms with E-state index in [9.17, 15) is 17.6 Å². The van der Waals surface area contributed by atoms with Gasteiger partial charge in [0.25, 0.3) is 5.91 Å². The van der Waals surface area contributed by atoms with Crippen molar-refractivity contribution in [2.75, 3.05) is 44.9 Å². The van der Waals surface area contributed by atoms with Crippen molar-refractivity contribution in [3.63, 3.8) is 0 Å². The number of nitrogens with zero attached hydrogens (tertiary/aromatic N) is 2. The monoisotopic (exact) mass is 541 g/mol. The third kappa shape index (κ3) is 5.45. The number of rotatable bonds is 8. The molecule has 0 bridgehead atoms. The maximum atomic E-state index is 14.1. The van der Waals surface area contributed by atoms with Crippen LogP contribution in [0.15, 0.2) is 65.6 Å². The fraction of sp³-hybridized carbons (Fsp3) is 0.296. The number of nitrogens with one attached hydrogen (secondary N) is 1. The van der Waals surface area contributed by atoms with E-state index in [1.165, 1.54) is 40.7 Å². The Kier molecular flexibility index (Phi) is 7.50. The van der Waals surface area contributed by atoms with Crippen molar-refractivity contribution in [1.29, 1.82) is 0 Å². The second-order valence-electron chi connectivity index (χ2n) is 8.89. The van der Waals surface area contributed by atoms with E-state index in [1.807, 2.05) is 18.2 Å². The lowest BCUT2D eigenvalue weighted by Gasteiger charge is -2.34. The maximum Gasteiger partial charge on any atom is 0.258 e. The second-order valence-corrected chi connectivity index (χ2v) is 10.8. The van der Waals surface area contributed by atoms with E-state index in [0.29, 0.717) is 45.1 Å². The highest BCUT2D eigenvalue weighted by molar-refractivity contribution is 7.89. The molecule has 2 heterocycles. The molecule has 0 atom stereocenters. The van der Waals surface area contributed by atoms with E-state index >= 15 is 0 Å². The number of fused-ring (bicyclic) bond motifs is 1. The summed E-state index contributed by atoms with van der Waals surface area (Å²) in [6.45, 7) is 4.71. The third-order valence-corrected chi connectivity index (χ3v) is 8.32. The summed E-state index contributed by atoms with van der Waals surface area (Å²) in [5.41, 5.74) is 1.07. The van der Waals surface area contributed by atoms with Gasteiger partial charge in [0.05, 0.1) is 22.8 Å². The molecule has 200 valence electrons. The molecule has 9 nitrogen and oxygen atoms in total. The summed E-state index contributed by atoms with van der Waals surface area (Å²) in [5.74, 6) is 0.368. The molecule has 0 saturated carbocycles. The Hall–Kier alpha value is -3.67. The minimum atomic E-state index is -3.84. The fourth-order valence-electron chi connectivity index (χ4n) is 4.46. The van der Waals surface area contributed by atoms with Crippen LogP contribution >= 0.6 is 0 Å². The van der Waals surface area contributed by atoms with E-state index < -0.39 is 21.7 Å². The van der Waals surface area contributed by atoms with Crippen molar-refractivity contribution >= 4 is 21.6 Å². The van der Waals surface area contributed by atoms with Gasteiger partial charge in [0.15, 0.2) is 11.5 Å². The number of benzene rings is 3. The normalized spacial score (nSPS) is 15.8. The number of hydrogen-bond acceptors (Lipinski definition) is 7. The first-order valence-electron chi connectivity index (χ1n) is 12.3. The molecule has 1 fully saturated rings. The van der Waals surface area contributed by atoms with Crippen LogP contribution in [0.2, 0.25) is 0 Å². The summed E-state index contributed by atoms with van der Waals surface area (Å²) in [4.78, 5) is 14.9. The van der Waals surface area contributed by atoms with Gasteiger partial charge >= 0.3 is 0 Å². The van der Waals surface area contributed by atoms with E-state index in [4.69, 9.17) is 14.2 Å². The van der Waals surface area contributed by atoms with E-state index in [1.54, 1.807) is 13.0 Å². The average molecular weight is 542 g/mol. The zero-order chi connectivity index (χ0) is 26.7. The minimum Gasteiger partial charge on any atom is -0.492 e. The highest BCUT2D eigenvalue weighted by atomic mass is 32.2. The molecule has 3 aromatic rings. The van der Waals surface area contributed by atoms with E-state index in [0.717, 1.165) is 17.1 Å². The van der Waals surface area contributed by atoms with Crippen LogP contribution in [0.5, 0.6) is 17.2 Å². The van der Waals surface area contributed by atoms with Crippen molar-refractivity contribution in [2.24, 2.45) is 0 Å². The molecular weight excluding hydrogens is 513 g/mol. The Morgan fingerprint density at radius 2 is 1.76 bits per heavy atom. The molecule has 0 aromatic heterocycles. The fourth-order valence-corrected chi connectivity index (χ4v) is 5.91. The summed E-state index contributed by atoms with van der Waals surface area (Å²) in [5, 5.41) is 2.61. The van der Waals surface area contributed by atoms with Gasteiger partial charge in [0, 0.05) is 32.7 Å². The van der Waals surface area contributed by atoms with E-state index in [-0.39, 0.29) is 22.9 Å². The molecule has 2 aliphatic rings. The highest BCUT2D eigenvalue weighted by Crippen LogP contribution is 2.33. The van der Waals surface area contributed by atoms with Crippen molar-refractivity contribution < 1.29 is 31.8 Å². The molecule has 0 spiro atoms. The first kappa shape index (κ1) is 26.0. The summed E-state index contributed by atoms with van der Waals surface area (Å²) in [7, 11) is -3.84. The lowest BCUT2D eigenvalue weighted by atomic mass is 10.2. The zero-order valence-electron chi connectivity index (χ0n) is 20.9. The molecule has 0 radical (unpaired) electrons. The van der Waals surface area contributed by atoms with E-state index in [2.05, 4.69) is 10.2 Å². The number of carbonyl (C=O) groups excluding carboxylic acids is 1. The van der Waals surface area contributed by atoms with Crippen molar-refractivity contribution in [1.82, 2.24) is 9.21 Å². The van der Waals surface area contributed by atoms with Gasteiger partial charge < -0.3 is 19.5 Å². The van der Waals surface area contributed by atoms with Crippen LogP contribution in [0.3, 0.4) is 0 Å². The van der Waals surface area contributed by atoms with Gasteiger partial charge in [-0.25, -0.2) is 12.8 Å². The van der Waals surface area contributed by atoms with Crippen molar-refractivity contribution in [2.45, 2.75) is 18.4 Å². The molecule has 38 heavy (non-hydrogen) atoms. The Labute approximate surface area is 220 Å². The standard InChI is InChI=1S/C27H28FN3O6S/c1-2-35-24-10-8-20(16-23(24)29-27(32)21-5-3-4-6-22(21)28)38(33,34)31-13-11-30(12-14-31)17-19-7-9-25-26(15-19)37-18-36-25/h3-10,15-16H,2,11-14,17-18H2,1H3,(H,29,32). The van der Waals surface area contributed by atoms with Crippen LogP contribution in [-0.4, -0.2) is 63.1 Å². The topological polar surface area (TPSA) is 97.4 Å². The average Bonchev–Trinajstić information content (AvgIpc) is 3.38. The summed E-state index contributed by atoms with van der Waals surface area (Å²) >= 11 is 0. The summed E-state index contributed by atoms with van der Waals surface area (Å²) in [6, 6.07) is 15.7. The molecule has 1 amide bonds. The number of hydrogen-bond donors (Lipinski definition) is 1. The summed E-state index contributed by atoms with van der Waals surface area (Å²) in [6.07, 6.45) is 0. The number of amides is 1. The van der Waals surface area contributed by atoms with Crippen LogP contribution in [0, 0.1) is 5.82 Å². The van der Waals surface area contributed by atoms with Gasteiger partial charge in [-0.15, -0.1) is 0 Å². The Morgan fingerprint density at radius 1 is 1.00 bits per heavy atom. The van der Waals surface area contributed by atoms with Crippen LogP contribution in [0.4, 0.5) is 10.1 Å². The SMILES string of the molecule is CCOc1ccc(S(=O)(=O)N2CCN(Cc3ccc4c(c3)OCO4)CC2)cc1NC(=O)c1ccccc1F. The molecule has 0 aliphatic carbocycles. The highest BCUT2D eigenvalue weighted by Gasteiger charge is 2.30. The minimum absolute atomic E-state index is 0.0222. The molecule has 1 saturated heterocycles. The Bertz CT molecular complexity index is 1440. The smallest absolute Gasteiger partial charge is 0.258 e. The molecule has 2 aliphatic heterocycles. The predicted octanol–water partition coefficient (Wildman–Crippen LogP) is 3.71. The van der Waals surface area contributed by atoms with Gasteiger partial charge in [0.2, 0.25) is 16.8 Å². The number of piperazine rings is 1. The largest absolute Gasteiger partial charge is 0.492 e. The lowest BCUT2D eigenvalue weighted by Crippen LogP contribution is -2.48. The van der Waals surface area contributed by atoms with Gasteiger partial charge in [0.1, 0.15) is 11.6 Å². The molecule has 1 N–H and O–H groups in total. The maximum absolute atomic E-state index is 14.1. The quantitative estimate of drug-likeness (QED) is 0.464. The van der Waals surface area contributed by atoms with Gasteiger partial charge in [-0.2, -0.15) is 4.31 Å². The number of carbonyl (C=O) groups is 1. The second kappa shape index (κ2) is 11.0. The first-order valence-corrected chi connectivity index (χ1v) is 13.7. The van der Waals surface area contributed by atoms with Crippen molar-refractivity contribution in [3.05, 3.63) is 77.6 Å². The third-order valence-electron chi connectivity index (χ3n) is 6.43. The number of ether oxygens (including phenoxy) is 3. The molecular formula is C27H28FN3O6S. The number of anilines is 1. The Balaban J connectivity index is 1.28. The number of sulfonamides is 1. The predicted molar refractivity (Wildman–Crippen MR) is 139 cm³/mol. The van der Waals surface area contributed by atoms with Gasteiger partial charge in [-0.05, 0) is 55.0 Å². The lowest BCUT2D eigenvalue weighted by molar-refractivity contribution is 0.102. The first-order chi connectivity index (χ1) is 18.3. The molecule has 11 heteroatoms. The summed E-state index contributed by atoms with van der Waals surface area (Å²) < 4.78 is 58.9.